The van der Waals surface area contributed by atoms with Crippen molar-refractivity contribution in [3.05, 3.63) is 12.2 Å². The average molecular weight is 1290 g/mol. The Morgan fingerprint density at radius 2 is 0.689 bits per heavy atom. The number of amides is 1. The molecular weight excluding hydrogens is 1150 g/mol. The van der Waals surface area contributed by atoms with Crippen molar-refractivity contribution in [3.63, 3.8) is 0 Å². The van der Waals surface area contributed by atoms with Gasteiger partial charge in [0.25, 0.3) is 0 Å². The Balaban J connectivity index is 1.42. The summed E-state index contributed by atoms with van der Waals surface area (Å²) in [5.74, 6) is -0.268. The molecule has 3 aliphatic rings. The normalized spacial score (nSPS) is 28.0. The van der Waals surface area contributed by atoms with Crippen LogP contribution in [0.1, 0.15) is 303 Å². The Hall–Kier alpha value is -1.47. The van der Waals surface area contributed by atoms with Gasteiger partial charge in [-0.15, -0.1) is 0 Å². The van der Waals surface area contributed by atoms with Gasteiger partial charge < -0.3 is 89.9 Å². The Morgan fingerprint density at radius 3 is 1.04 bits per heavy atom. The molecule has 17 atom stereocenters. The Bertz CT molecular complexity index is 1680. The van der Waals surface area contributed by atoms with Gasteiger partial charge >= 0.3 is 0 Å². The van der Waals surface area contributed by atoms with Gasteiger partial charge in [-0.05, 0) is 19.3 Å². The summed E-state index contributed by atoms with van der Waals surface area (Å²) in [7, 11) is 0. The van der Waals surface area contributed by atoms with Crippen molar-refractivity contribution in [2.75, 3.05) is 26.4 Å². The van der Waals surface area contributed by atoms with Crippen LogP contribution in [0.5, 0.6) is 0 Å². The molecule has 90 heavy (non-hydrogen) atoms. The first-order valence-electron chi connectivity index (χ1n) is 36.9. The van der Waals surface area contributed by atoms with Gasteiger partial charge in [0, 0.05) is 6.42 Å². The van der Waals surface area contributed by atoms with Crippen molar-refractivity contribution in [1.82, 2.24) is 5.32 Å². The molecule has 0 aromatic heterocycles. The number of aliphatic hydroxyl groups is 11. The molecule has 3 heterocycles. The summed E-state index contributed by atoms with van der Waals surface area (Å²) in [5.41, 5.74) is 0. The molecule has 19 nitrogen and oxygen atoms in total. The maximum atomic E-state index is 13.4. The highest BCUT2D eigenvalue weighted by atomic mass is 16.8. The predicted molar refractivity (Wildman–Crippen MR) is 351 cm³/mol. The first-order valence-corrected chi connectivity index (χ1v) is 36.9. The van der Waals surface area contributed by atoms with E-state index >= 15 is 0 Å². The third kappa shape index (κ3) is 35.0. The minimum atomic E-state index is -1.98. The van der Waals surface area contributed by atoms with Crippen molar-refractivity contribution in [2.45, 2.75) is 407 Å². The van der Waals surface area contributed by atoms with Crippen molar-refractivity contribution in [1.29, 1.82) is 0 Å². The lowest BCUT2D eigenvalue weighted by atomic mass is 9.96. The number of hydrogen-bond acceptors (Lipinski definition) is 18. The molecule has 3 saturated heterocycles. The summed E-state index contributed by atoms with van der Waals surface area (Å²) in [6, 6.07) is -0.969. The number of aliphatic hydroxyl groups excluding tert-OH is 11. The van der Waals surface area contributed by atoms with Gasteiger partial charge in [-0.3, -0.25) is 4.79 Å². The first-order chi connectivity index (χ1) is 43.8. The second-order valence-electron chi connectivity index (χ2n) is 26.8. The highest BCUT2D eigenvalue weighted by Crippen LogP contribution is 2.33. The molecule has 3 fully saturated rings. The van der Waals surface area contributed by atoms with Crippen LogP contribution in [0, 0.1) is 0 Å². The zero-order chi connectivity index (χ0) is 65.4. The molecule has 17 unspecified atom stereocenters. The monoisotopic (exact) mass is 1290 g/mol. The van der Waals surface area contributed by atoms with E-state index in [1.165, 1.54) is 231 Å². The van der Waals surface area contributed by atoms with E-state index in [9.17, 15) is 61.0 Å². The second kappa shape index (κ2) is 53.6. The largest absolute Gasteiger partial charge is 0.394 e. The molecule has 1 amide bonds. The third-order valence-corrected chi connectivity index (χ3v) is 18.8. The molecule has 0 spiro atoms. The van der Waals surface area contributed by atoms with Crippen LogP contribution in [0.25, 0.3) is 0 Å². The molecule has 0 aromatic rings. The number of carbonyl (C=O) groups is 1. The van der Waals surface area contributed by atoms with Gasteiger partial charge in [0.15, 0.2) is 18.9 Å². The topological polar surface area (TPSA) is 307 Å². The van der Waals surface area contributed by atoms with Gasteiger partial charge in [0.2, 0.25) is 5.91 Å². The molecule has 19 heteroatoms. The van der Waals surface area contributed by atoms with E-state index in [4.69, 9.17) is 28.4 Å². The van der Waals surface area contributed by atoms with E-state index < -0.39 is 124 Å². The number of ether oxygens (including phenoxy) is 6. The van der Waals surface area contributed by atoms with Crippen LogP contribution in [0.2, 0.25) is 0 Å². The number of allylic oxidation sites excluding steroid dienone is 1. The van der Waals surface area contributed by atoms with E-state index in [1.54, 1.807) is 6.08 Å². The van der Waals surface area contributed by atoms with Gasteiger partial charge in [-0.25, -0.2) is 0 Å². The van der Waals surface area contributed by atoms with Crippen LogP contribution in [0.15, 0.2) is 12.2 Å². The van der Waals surface area contributed by atoms with E-state index in [2.05, 4.69) is 19.2 Å². The zero-order valence-electron chi connectivity index (χ0n) is 56.4. The highest BCUT2D eigenvalue weighted by Gasteiger charge is 2.53. The fourth-order valence-corrected chi connectivity index (χ4v) is 12.8. The van der Waals surface area contributed by atoms with Crippen LogP contribution in [0.4, 0.5) is 0 Å². The average Bonchev–Trinajstić information content (AvgIpc) is 1.32. The standard InChI is InChI=1S/C71H135NO18/c1-3-5-7-9-11-13-15-17-19-21-23-25-26-27-29-30-32-34-36-38-40-42-44-46-48-55(76)54(72-59(77)49-47-45-43-41-39-37-35-33-31-28-24-22-20-18-16-14-12-10-8-6-4-2)53-85-69-65(83)62(80)67(57(51-74)87-69)90-71-66(84)63(81)68(58(52-75)88-71)89-70-64(82)61(79)60(78)56(50-73)86-70/h46,48,54-58,60-71,73-76,78-84H,3-45,47,49-53H2,1-2H3,(H,72,77)/b48-46+. The lowest BCUT2D eigenvalue weighted by Gasteiger charge is -2.48. The quantitative estimate of drug-likeness (QED) is 0.0199. The molecule has 3 aliphatic heterocycles. The van der Waals surface area contributed by atoms with Gasteiger partial charge in [-0.1, -0.05) is 289 Å². The molecule has 532 valence electrons. The second-order valence-corrected chi connectivity index (χ2v) is 26.8. The summed E-state index contributed by atoms with van der Waals surface area (Å²) in [5, 5.41) is 121. The molecule has 12 N–H and O–H groups in total. The van der Waals surface area contributed by atoms with Crippen LogP contribution in [0.3, 0.4) is 0 Å². The molecule has 0 radical (unpaired) electrons. The summed E-state index contributed by atoms with van der Waals surface area (Å²) >= 11 is 0. The fraction of sp³-hybridized carbons (Fsp3) is 0.958. The molecular formula is C71H135NO18. The van der Waals surface area contributed by atoms with Crippen molar-refractivity contribution in [2.24, 2.45) is 0 Å². The van der Waals surface area contributed by atoms with Crippen molar-refractivity contribution < 1.29 is 89.4 Å². The lowest BCUT2D eigenvalue weighted by Crippen LogP contribution is -2.66. The maximum absolute atomic E-state index is 13.4. The van der Waals surface area contributed by atoms with Crippen LogP contribution >= 0.6 is 0 Å². The minimum Gasteiger partial charge on any atom is -0.394 e. The van der Waals surface area contributed by atoms with Crippen LogP contribution in [-0.4, -0.2) is 193 Å². The lowest BCUT2D eigenvalue weighted by molar-refractivity contribution is -0.379. The van der Waals surface area contributed by atoms with Gasteiger partial charge in [0.1, 0.15) is 73.2 Å². The van der Waals surface area contributed by atoms with E-state index in [0.717, 1.165) is 44.9 Å². The van der Waals surface area contributed by atoms with Crippen LogP contribution in [-0.2, 0) is 33.2 Å². The molecule has 0 aliphatic carbocycles. The van der Waals surface area contributed by atoms with Gasteiger partial charge in [-0.2, -0.15) is 0 Å². The molecule has 0 bridgehead atoms. The van der Waals surface area contributed by atoms with E-state index in [0.29, 0.717) is 6.42 Å². The van der Waals surface area contributed by atoms with E-state index in [-0.39, 0.29) is 18.9 Å². The first kappa shape index (κ1) is 82.8. The Morgan fingerprint density at radius 1 is 0.389 bits per heavy atom. The number of carbonyl (C=O) groups excluding carboxylic acids is 1. The SMILES string of the molecule is CCCCCCCCCCCCCCCCCCCCCCCC/C=C/C(O)C(COC1OC(CO)C(OC2OC(CO)C(OC3OC(CO)C(O)C(O)C3O)C(O)C2O)C(O)C1O)NC(=O)CCCCCCCCCCCCCCCCCCCCCCC. The minimum absolute atomic E-state index is 0.250. The van der Waals surface area contributed by atoms with Gasteiger partial charge in [0.05, 0.1) is 38.6 Å². The zero-order valence-corrected chi connectivity index (χ0v) is 56.4. The third-order valence-electron chi connectivity index (χ3n) is 18.8. The highest BCUT2D eigenvalue weighted by molar-refractivity contribution is 5.76. The van der Waals surface area contributed by atoms with E-state index in [1.807, 2.05) is 6.08 Å². The number of hydrogen-bond donors (Lipinski definition) is 12. The number of unbranched alkanes of at least 4 members (excludes halogenated alkanes) is 42. The summed E-state index contributed by atoms with van der Waals surface area (Å²) in [6.07, 6.45) is 33.3. The number of rotatable bonds is 58. The summed E-state index contributed by atoms with van der Waals surface area (Å²) < 4.78 is 34.4. The van der Waals surface area contributed by atoms with Crippen LogP contribution < -0.4 is 5.32 Å². The smallest absolute Gasteiger partial charge is 0.220 e. The summed E-state index contributed by atoms with van der Waals surface area (Å²) in [4.78, 5) is 13.4. The van der Waals surface area contributed by atoms with Crippen molar-refractivity contribution in [3.8, 4) is 0 Å². The molecule has 0 saturated carbocycles. The van der Waals surface area contributed by atoms with Crippen molar-refractivity contribution >= 4 is 5.91 Å². The summed E-state index contributed by atoms with van der Waals surface area (Å²) in [6.45, 7) is 1.79. The Kier molecular flexibility index (Phi) is 49.3. The Labute approximate surface area is 544 Å². The fourth-order valence-electron chi connectivity index (χ4n) is 12.8. The molecule has 3 rings (SSSR count). The molecule has 0 aromatic carbocycles. The predicted octanol–water partition coefficient (Wildman–Crippen LogP) is 10.4. The number of nitrogens with one attached hydrogen (secondary N) is 1. The maximum Gasteiger partial charge on any atom is 0.220 e.